The Bertz CT molecular complexity index is 734. The van der Waals surface area contributed by atoms with Crippen LogP contribution in [0.25, 0.3) is 0 Å². The summed E-state index contributed by atoms with van der Waals surface area (Å²) in [5.41, 5.74) is 7.97. The minimum Gasteiger partial charge on any atom is -0.487 e. The van der Waals surface area contributed by atoms with E-state index in [1.54, 1.807) is 25.1 Å². The van der Waals surface area contributed by atoms with Crippen molar-refractivity contribution in [3.8, 4) is 5.75 Å². The van der Waals surface area contributed by atoms with Gasteiger partial charge in [-0.3, -0.25) is 4.79 Å². The number of halogens is 1. The van der Waals surface area contributed by atoms with Crippen molar-refractivity contribution in [3.05, 3.63) is 45.7 Å². The van der Waals surface area contributed by atoms with E-state index in [0.29, 0.717) is 34.3 Å². The number of amides is 1. The lowest BCUT2D eigenvalue weighted by molar-refractivity contribution is 0.0951. The van der Waals surface area contributed by atoms with Crippen molar-refractivity contribution in [2.75, 3.05) is 12.3 Å². The summed E-state index contributed by atoms with van der Waals surface area (Å²) in [5.74, 6) is 0.546. The van der Waals surface area contributed by atoms with E-state index in [1.807, 2.05) is 13.8 Å². The van der Waals surface area contributed by atoms with Crippen molar-refractivity contribution in [1.29, 1.82) is 0 Å². The Balaban J connectivity index is 2.29. The van der Waals surface area contributed by atoms with Crippen molar-refractivity contribution in [1.82, 2.24) is 15.3 Å². The lowest BCUT2D eigenvalue weighted by atomic mass is 10.1. The van der Waals surface area contributed by atoms with E-state index in [9.17, 15) is 4.79 Å². The summed E-state index contributed by atoms with van der Waals surface area (Å²) in [7, 11) is 0. The summed E-state index contributed by atoms with van der Waals surface area (Å²) in [6, 6.07) is 5.33. The van der Waals surface area contributed by atoms with Gasteiger partial charge in [0, 0.05) is 11.6 Å². The monoisotopic (exact) mass is 334 g/mol. The molecule has 23 heavy (non-hydrogen) atoms. The molecule has 0 unspecified atom stereocenters. The summed E-state index contributed by atoms with van der Waals surface area (Å²) in [6.45, 7) is 6.09. The average molecular weight is 335 g/mol. The molecule has 2 rings (SSSR count). The van der Waals surface area contributed by atoms with Crippen LogP contribution in [0.3, 0.4) is 0 Å². The van der Waals surface area contributed by atoms with Gasteiger partial charge in [-0.2, -0.15) is 0 Å². The first-order valence-electron chi connectivity index (χ1n) is 7.22. The van der Waals surface area contributed by atoms with E-state index < -0.39 is 0 Å². The zero-order chi connectivity index (χ0) is 17.0. The van der Waals surface area contributed by atoms with Crippen LogP contribution in [-0.4, -0.2) is 22.4 Å². The molecule has 1 aromatic carbocycles. The van der Waals surface area contributed by atoms with Crippen molar-refractivity contribution in [3.63, 3.8) is 0 Å². The number of hydrogen-bond donors (Lipinski definition) is 2. The summed E-state index contributed by atoms with van der Waals surface area (Å²) < 4.78 is 5.77. The molecule has 7 heteroatoms. The number of carbonyl (C=O) groups excluding carboxylic acids is 1. The molecule has 0 atom stereocenters. The number of ether oxygens (including phenoxy) is 1. The topological polar surface area (TPSA) is 90.1 Å². The zero-order valence-electron chi connectivity index (χ0n) is 13.3. The van der Waals surface area contributed by atoms with Gasteiger partial charge in [0.2, 0.25) is 5.95 Å². The minimum atomic E-state index is -0.239. The maximum atomic E-state index is 12.2. The van der Waals surface area contributed by atoms with Crippen LogP contribution in [0.15, 0.2) is 18.2 Å². The number of nitrogens with zero attached hydrogens (tertiary/aromatic N) is 2. The molecule has 1 heterocycles. The highest BCUT2D eigenvalue weighted by atomic mass is 35.5. The number of aromatic nitrogens is 2. The fourth-order valence-corrected chi connectivity index (χ4v) is 2.45. The molecule has 0 spiro atoms. The number of nitrogen functional groups attached to an aromatic ring is 1. The summed E-state index contributed by atoms with van der Waals surface area (Å²) in [5, 5.41) is 3.39. The number of nitrogens with one attached hydrogen (secondary N) is 1. The second-order valence-corrected chi connectivity index (χ2v) is 5.48. The predicted molar refractivity (Wildman–Crippen MR) is 89.7 cm³/mol. The highest BCUT2D eigenvalue weighted by Crippen LogP contribution is 2.23. The Morgan fingerprint density at radius 2 is 2.09 bits per heavy atom. The first-order valence-corrected chi connectivity index (χ1v) is 7.60. The maximum Gasteiger partial charge on any atom is 0.255 e. The maximum absolute atomic E-state index is 12.2. The van der Waals surface area contributed by atoms with Gasteiger partial charge in [-0.25, -0.2) is 9.97 Å². The van der Waals surface area contributed by atoms with Crippen LogP contribution in [0.5, 0.6) is 5.75 Å². The molecule has 0 aliphatic rings. The summed E-state index contributed by atoms with van der Waals surface area (Å²) in [4.78, 5) is 20.4. The fraction of sp³-hybridized carbons (Fsp3) is 0.312. The Morgan fingerprint density at radius 3 is 2.74 bits per heavy atom. The van der Waals surface area contributed by atoms with Gasteiger partial charge < -0.3 is 15.8 Å². The highest BCUT2D eigenvalue weighted by molar-refractivity contribution is 6.30. The molecule has 0 saturated carbocycles. The zero-order valence-corrected chi connectivity index (χ0v) is 14.1. The number of anilines is 1. The molecule has 1 amide bonds. The van der Waals surface area contributed by atoms with E-state index in [4.69, 9.17) is 22.1 Å². The smallest absolute Gasteiger partial charge is 0.255 e. The van der Waals surface area contributed by atoms with Gasteiger partial charge in [0.25, 0.3) is 5.91 Å². The van der Waals surface area contributed by atoms with Gasteiger partial charge in [-0.15, -0.1) is 0 Å². The number of nitrogens with two attached hydrogens (primary N) is 1. The van der Waals surface area contributed by atoms with Crippen LogP contribution < -0.4 is 15.8 Å². The third-order valence-corrected chi connectivity index (χ3v) is 3.48. The largest absolute Gasteiger partial charge is 0.487 e. The normalized spacial score (nSPS) is 10.4. The van der Waals surface area contributed by atoms with E-state index in [-0.39, 0.29) is 18.5 Å². The molecule has 0 aliphatic carbocycles. The van der Waals surface area contributed by atoms with Gasteiger partial charge >= 0.3 is 0 Å². The number of rotatable bonds is 5. The van der Waals surface area contributed by atoms with Gasteiger partial charge in [0.1, 0.15) is 12.4 Å². The second-order valence-electron chi connectivity index (χ2n) is 5.05. The Morgan fingerprint density at radius 1 is 1.35 bits per heavy atom. The Hall–Kier alpha value is -2.34. The quantitative estimate of drug-likeness (QED) is 0.877. The van der Waals surface area contributed by atoms with E-state index in [0.717, 1.165) is 5.56 Å². The number of carbonyl (C=O) groups is 1. The molecule has 0 fully saturated rings. The molecular weight excluding hydrogens is 316 g/mol. The van der Waals surface area contributed by atoms with Gasteiger partial charge in [0.05, 0.1) is 17.0 Å². The number of benzene rings is 1. The van der Waals surface area contributed by atoms with Crippen LogP contribution in [0, 0.1) is 13.8 Å². The SMILES string of the molecule is CCNC(=O)c1c(C)nc(N)nc1COc1ccc(Cl)cc1C. The van der Waals surface area contributed by atoms with Crippen LogP contribution >= 0.6 is 11.6 Å². The molecule has 122 valence electrons. The molecule has 0 aliphatic heterocycles. The predicted octanol–water partition coefficient (Wildman–Crippen LogP) is 2.66. The van der Waals surface area contributed by atoms with Crippen molar-refractivity contribution < 1.29 is 9.53 Å². The molecule has 0 bridgehead atoms. The highest BCUT2D eigenvalue weighted by Gasteiger charge is 2.18. The molecule has 6 nitrogen and oxygen atoms in total. The fourth-order valence-electron chi connectivity index (χ4n) is 2.23. The molecule has 3 N–H and O–H groups in total. The van der Waals surface area contributed by atoms with Crippen molar-refractivity contribution >= 4 is 23.5 Å². The second kappa shape index (κ2) is 7.28. The first kappa shape index (κ1) is 17.0. The van der Waals surface area contributed by atoms with Gasteiger partial charge in [-0.05, 0) is 44.5 Å². The number of aryl methyl sites for hydroxylation is 2. The number of hydrogen-bond acceptors (Lipinski definition) is 5. The minimum absolute atomic E-state index is 0.113. The third-order valence-electron chi connectivity index (χ3n) is 3.25. The van der Waals surface area contributed by atoms with E-state index >= 15 is 0 Å². The van der Waals surface area contributed by atoms with Crippen LogP contribution in [-0.2, 0) is 6.61 Å². The van der Waals surface area contributed by atoms with Crippen LogP contribution in [0.4, 0.5) is 5.95 Å². The lowest BCUT2D eigenvalue weighted by Gasteiger charge is -2.14. The standard InChI is InChI=1S/C16H19ClN4O2/c1-4-19-15(22)14-10(3)20-16(18)21-12(14)8-23-13-6-5-11(17)7-9(13)2/h5-7H,4,8H2,1-3H3,(H,19,22)(H2,18,20,21). The third kappa shape index (κ3) is 4.10. The molecule has 0 radical (unpaired) electrons. The molecule has 1 aromatic heterocycles. The van der Waals surface area contributed by atoms with Crippen molar-refractivity contribution in [2.24, 2.45) is 0 Å². The molecular formula is C16H19ClN4O2. The Labute approximate surface area is 140 Å². The van der Waals surface area contributed by atoms with Crippen LogP contribution in [0.2, 0.25) is 5.02 Å². The van der Waals surface area contributed by atoms with Gasteiger partial charge in [0.15, 0.2) is 0 Å². The average Bonchev–Trinajstić information content (AvgIpc) is 2.45. The van der Waals surface area contributed by atoms with Gasteiger partial charge in [-0.1, -0.05) is 11.6 Å². The summed E-state index contributed by atoms with van der Waals surface area (Å²) >= 11 is 5.93. The Kier molecular flexibility index (Phi) is 5.39. The van der Waals surface area contributed by atoms with Crippen LogP contribution in [0.1, 0.15) is 34.2 Å². The molecule has 2 aromatic rings. The van der Waals surface area contributed by atoms with Crippen molar-refractivity contribution in [2.45, 2.75) is 27.4 Å². The van der Waals surface area contributed by atoms with E-state index in [2.05, 4.69) is 15.3 Å². The summed E-state index contributed by atoms with van der Waals surface area (Å²) in [6.07, 6.45) is 0. The van der Waals surface area contributed by atoms with E-state index in [1.165, 1.54) is 0 Å². The lowest BCUT2D eigenvalue weighted by Crippen LogP contribution is -2.26. The molecule has 0 saturated heterocycles. The first-order chi connectivity index (χ1) is 10.9.